The lowest BCUT2D eigenvalue weighted by molar-refractivity contribution is -0.124. The fraction of sp³-hybridized carbons (Fsp3) is 0.579. The van der Waals surface area contributed by atoms with Crippen LogP contribution in [-0.2, 0) is 9.59 Å². The molecule has 1 aromatic rings. The molecule has 0 aliphatic heterocycles. The molecule has 0 aromatic heterocycles. The Hall–Kier alpha value is -1.79. The van der Waals surface area contributed by atoms with Crippen LogP contribution in [-0.4, -0.2) is 31.0 Å². The van der Waals surface area contributed by atoms with E-state index in [0.29, 0.717) is 26.0 Å². The molecule has 0 saturated heterocycles. The monoisotopic (exact) mass is 385 g/mol. The number of hydrogen-bond acceptors (Lipinski definition) is 4. The van der Waals surface area contributed by atoms with Gasteiger partial charge in [-0.2, -0.15) is 0 Å². The zero-order valence-electron chi connectivity index (χ0n) is 16.1. The van der Waals surface area contributed by atoms with E-state index in [1.165, 1.54) is 0 Å². The summed E-state index contributed by atoms with van der Waals surface area (Å²) >= 11 is 0. The average Bonchev–Trinajstić information content (AvgIpc) is 2.58. The Morgan fingerprint density at radius 3 is 2.31 bits per heavy atom. The van der Waals surface area contributed by atoms with Crippen LogP contribution in [0.25, 0.3) is 0 Å². The van der Waals surface area contributed by atoms with Crippen molar-refractivity contribution >= 4 is 24.2 Å². The van der Waals surface area contributed by atoms with E-state index in [4.69, 9.17) is 10.5 Å². The first kappa shape index (κ1) is 24.2. The molecule has 0 fully saturated rings. The highest BCUT2D eigenvalue weighted by Gasteiger charge is 2.16. The van der Waals surface area contributed by atoms with Crippen LogP contribution in [0.15, 0.2) is 24.3 Å². The van der Waals surface area contributed by atoms with Gasteiger partial charge < -0.3 is 21.1 Å². The van der Waals surface area contributed by atoms with Gasteiger partial charge in [0.15, 0.2) is 0 Å². The molecule has 0 radical (unpaired) electrons. The molecule has 0 aliphatic carbocycles. The Labute approximate surface area is 162 Å². The molecule has 1 rings (SSSR count). The molecule has 0 bridgehead atoms. The van der Waals surface area contributed by atoms with Gasteiger partial charge in [-0.1, -0.05) is 26.0 Å². The molecule has 6 nitrogen and oxygen atoms in total. The van der Waals surface area contributed by atoms with Crippen molar-refractivity contribution in [1.82, 2.24) is 10.6 Å². The van der Waals surface area contributed by atoms with E-state index in [-0.39, 0.29) is 36.2 Å². The largest absolute Gasteiger partial charge is 0.494 e. The van der Waals surface area contributed by atoms with Crippen LogP contribution in [0.3, 0.4) is 0 Å². The number of amides is 2. The first-order chi connectivity index (χ1) is 11.8. The lowest BCUT2D eigenvalue weighted by Crippen LogP contribution is -2.44. The number of carbonyl (C=O) groups is 2. The molecule has 0 saturated carbocycles. The zero-order valence-corrected chi connectivity index (χ0v) is 16.9. The minimum absolute atomic E-state index is 0. The van der Waals surface area contributed by atoms with E-state index in [1.54, 1.807) is 0 Å². The average molecular weight is 386 g/mol. The number of ether oxygens (including phenoxy) is 1. The maximum absolute atomic E-state index is 12.0. The van der Waals surface area contributed by atoms with Gasteiger partial charge in [-0.25, -0.2) is 0 Å². The summed E-state index contributed by atoms with van der Waals surface area (Å²) in [7, 11) is 0. The number of hydrogen-bond donors (Lipinski definition) is 3. The van der Waals surface area contributed by atoms with Crippen molar-refractivity contribution in [3.63, 3.8) is 0 Å². The number of nitrogens with one attached hydrogen (secondary N) is 2. The smallest absolute Gasteiger partial charge is 0.237 e. The van der Waals surface area contributed by atoms with Gasteiger partial charge in [-0.05, 0) is 43.9 Å². The summed E-state index contributed by atoms with van der Waals surface area (Å²) in [6, 6.07) is 7.11. The van der Waals surface area contributed by atoms with Crippen LogP contribution in [0.2, 0.25) is 0 Å². The number of carbonyl (C=O) groups excluding carboxylic acids is 2. The maximum Gasteiger partial charge on any atom is 0.237 e. The molecule has 148 valence electrons. The van der Waals surface area contributed by atoms with Gasteiger partial charge in [-0.15, -0.1) is 12.4 Å². The minimum atomic E-state index is -0.506. The first-order valence-corrected chi connectivity index (χ1v) is 8.90. The van der Waals surface area contributed by atoms with Crippen molar-refractivity contribution < 1.29 is 14.3 Å². The molecule has 0 heterocycles. The topological polar surface area (TPSA) is 93.5 Å². The van der Waals surface area contributed by atoms with Gasteiger partial charge in [0.25, 0.3) is 0 Å². The lowest BCUT2D eigenvalue weighted by Gasteiger charge is -2.16. The predicted molar refractivity (Wildman–Crippen MR) is 106 cm³/mol. The van der Waals surface area contributed by atoms with Gasteiger partial charge in [-0.3, -0.25) is 9.59 Å². The van der Waals surface area contributed by atoms with Crippen LogP contribution in [0.1, 0.15) is 52.1 Å². The molecule has 2 atom stereocenters. The van der Waals surface area contributed by atoms with E-state index >= 15 is 0 Å². The van der Waals surface area contributed by atoms with Crippen molar-refractivity contribution in [3.8, 4) is 5.75 Å². The van der Waals surface area contributed by atoms with E-state index < -0.39 is 6.04 Å². The molecule has 4 N–H and O–H groups in total. The quantitative estimate of drug-likeness (QED) is 0.539. The van der Waals surface area contributed by atoms with Crippen molar-refractivity contribution in [3.05, 3.63) is 29.8 Å². The molecule has 2 amide bonds. The molecule has 0 aliphatic rings. The summed E-state index contributed by atoms with van der Waals surface area (Å²) in [5.74, 6) is 0.709. The van der Waals surface area contributed by atoms with Crippen molar-refractivity contribution in [1.29, 1.82) is 0 Å². The highest BCUT2D eigenvalue weighted by molar-refractivity contribution is 5.85. The molecular formula is C19H32ClN3O3. The minimum Gasteiger partial charge on any atom is -0.494 e. The Kier molecular flexibility index (Phi) is 11.7. The fourth-order valence-corrected chi connectivity index (χ4v) is 2.30. The predicted octanol–water partition coefficient (Wildman–Crippen LogP) is 2.56. The Bertz CT molecular complexity index is 549. The van der Waals surface area contributed by atoms with Crippen LogP contribution >= 0.6 is 12.4 Å². The van der Waals surface area contributed by atoms with E-state index in [9.17, 15) is 9.59 Å². The van der Waals surface area contributed by atoms with Gasteiger partial charge in [0, 0.05) is 13.0 Å². The van der Waals surface area contributed by atoms with Crippen molar-refractivity contribution in [2.24, 2.45) is 11.7 Å². The van der Waals surface area contributed by atoms with Crippen molar-refractivity contribution in [2.45, 2.75) is 52.6 Å². The van der Waals surface area contributed by atoms with Gasteiger partial charge in [0.05, 0.1) is 18.7 Å². The third kappa shape index (κ3) is 8.54. The van der Waals surface area contributed by atoms with E-state index in [0.717, 1.165) is 11.3 Å². The summed E-state index contributed by atoms with van der Waals surface area (Å²) in [4.78, 5) is 23.7. The lowest BCUT2D eigenvalue weighted by atomic mass is 10.1. The van der Waals surface area contributed by atoms with Gasteiger partial charge >= 0.3 is 0 Å². The van der Waals surface area contributed by atoms with Crippen LogP contribution in [0.5, 0.6) is 5.75 Å². The van der Waals surface area contributed by atoms with Crippen molar-refractivity contribution in [2.75, 3.05) is 13.2 Å². The first-order valence-electron chi connectivity index (χ1n) is 8.90. The Balaban J connectivity index is 0.00000625. The fourth-order valence-electron chi connectivity index (χ4n) is 2.30. The Morgan fingerprint density at radius 1 is 1.15 bits per heavy atom. The Morgan fingerprint density at radius 2 is 1.77 bits per heavy atom. The molecule has 7 heteroatoms. The number of rotatable bonds is 10. The highest BCUT2D eigenvalue weighted by Crippen LogP contribution is 2.17. The number of nitrogens with two attached hydrogens (primary N) is 1. The summed E-state index contributed by atoms with van der Waals surface area (Å²) in [5.41, 5.74) is 6.78. The summed E-state index contributed by atoms with van der Waals surface area (Å²) < 4.78 is 5.41. The molecular weight excluding hydrogens is 354 g/mol. The second-order valence-electron chi connectivity index (χ2n) is 6.46. The van der Waals surface area contributed by atoms with Crippen LogP contribution in [0.4, 0.5) is 0 Å². The van der Waals surface area contributed by atoms with Gasteiger partial charge in [0.2, 0.25) is 11.8 Å². The SMILES string of the molecule is CCOc1ccc(C(C)NC(=O)CCCNC(=O)[C@@H](N)C(C)C)cc1.Cl. The number of halogens is 1. The van der Waals surface area contributed by atoms with Crippen LogP contribution in [0, 0.1) is 5.92 Å². The third-order valence-corrected chi connectivity index (χ3v) is 3.97. The second kappa shape index (κ2) is 12.5. The third-order valence-electron chi connectivity index (χ3n) is 3.97. The maximum atomic E-state index is 12.0. The number of benzene rings is 1. The molecule has 26 heavy (non-hydrogen) atoms. The van der Waals surface area contributed by atoms with Gasteiger partial charge in [0.1, 0.15) is 5.75 Å². The molecule has 0 spiro atoms. The summed E-state index contributed by atoms with van der Waals surface area (Å²) in [5, 5.41) is 5.72. The normalized spacial score (nSPS) is 12.7. The highest BCUT2D eigenvalue weighted by atomic mass is 35.5. The summed E-state index contributed by atoms with van der Waals surface area (Å²) in [6.07, 6.45) is 0.941. The molecule has 1 unspecified atom stereocenters. The molecule has 1 aromatic carbocycles. The zero-order chi connectivity index (χ0) is 18.8. The standard InChI is InChI=1S/C19H31N3O3.ClH/c1-5-25-16-10-8-15(9-11-16)14(4)22-17(23)7-6-12-21-19(24)18(20)13(2)3;/h8-11,13-14,18H,5-7,12,20H2,1-4H3,(H,21,24)(H,22,23);1H/t14?,18-;/m0./s1. The van der Waals surface area contributed by atoms with E-state index in [1.807, 2.05) is 52.0 Å². The second-order valence-corrected chi connectivity index (χ2v) is 6.46. The van der Waals surface area contributed by atoms with E-state index in [2.05, 4.69) is 10.6 Å². The summed E-state index contributed by atoms with van der Waals surface area (Å²) in [6.45, 7) is 8.76. The van der Waals surface area contributed by atoms with Crippen LogP contribution < -0.4 is 21.1 Å².